The number of nitrogens with one attached hydrogen (secondary N) is 1. The van der Waals surface area contributed by atoms with Gasteiger partial charge in [-0.05, 0) is 57.7 Å². The molecule has 5 aromatic rings. The zero-order valence-corrected chi connectivity index (χ0v) is 25.8. The van der Waals surface area contributed by atoms with Gasteiger partial charge in [0.2, 0.25) is 5.91 Å². The fourth-order valence-corrected chi connectivity index (χ4v) is 9.15. The van der Waals surface area contributed by atoms with E-state index in [2.05, 4.69) is 143 Å². The molecule has 1 aliphatic carbocycles. The van der Waals surface area contributed by atoms with Crippen molar-refractivity contribution >= 4 is 16.7 Å². The van der Waals surface area contributed by atoms with Crippen LogP contribution in [0.1, 0.15) is 28.7 Å². The third-order valence-electron chi connectivity index (χ3n) is 10.9. The van der Waals surface area contributed by atoms with Crippen LogP contribution in [0.25, 0.3) is 10.8 Å². The van der Waals surface area contributed by atoms with Gasteiger partial charge in [0, 0.05) is 44.7 Å². The van der Waals surface area contributed by atoms with Crippen LogP contribution in [0.3, 0.4) is 0 Å². The molecule has 3 heterocycles. The standard InChI is InChI=1S/C41H41N3O/c45-40(42-25-31-15-6-2-7-16-31)41-36-24-35(28-44(41)26-32-17-8-3-9-18-32)38(23-30-13-4-1-5-14-30)39(41)43(29-36)27-34-21-12-20-33-19-10-11-22-37(33)34/h1-22,35-36,38-39H,23-29H2,(H,42,45)/t35-,36+,38-,39+,41+/m1/s1. The summed E-state index contributed by atoms with van der Waals surface area (Å²) in [7, 11) is 0. The summed E-state index contributed by atoms with van der Waals surface area (Å²) < 4.78 is 0. The Bertz CT molecular complexity index is 1770. The van der Waals surface area contributed by atoms with Crippen LogP contribution in [0, 0.1) is 17.8 Å². The molecule has 1 saturated carbocycles. The second-order valence-corrected chi connectivity index (χ2v) is 13.4. The van der Waals surface area contributed by atoms with E-state index in [1.807, 2.05) is 6.07 Å². The molecular formula is C41H41N3O. The fourth-order valence-electron chi connectivity index (χ4n) is 9.15. The molecule has 4 bridgehead atoms. The summed E-state index contributed by atoms with van der Waals surface area (Å²) in [5.41, 5.74) is 4.55. The van der Waals surface area contributed by atoms with Gasteiger partial charge in [0.1, 0.15) is 5.54 Å². The first-order chi connectivity index (χ1) is 22.2. The number of carbonyl (C=O) groups excluding carboxylic acids is 1. The number of nitrogens with zero attached hydrogens (tertiary/aromatic N) is 2. The monoisotopic (exact) mass is 591 g/mol. The lowest BCUT2D eigenvalue weighted by atomic mass is 9.57. The maximum absolute atomic E-state index is 15.0. The summed E-state index contributed by atoms with van der Waals surface area (Å²) in [4.78, 5) is 20.3. The van der Waals surface area contributed by atoms with E-state index in [1.54, 1.807) is 0 Å². The minimum Gasteiger partial charge on any atom is -0.350 e. The van der Waals surface area contributed by atoms with E-state index in [4.69, 9.17) is 0 Å². The Morgan fingerprint density at radius 3 is 2.09 bits per heavy atom. The lowest BCUT2D eigenvalue weighted by Crippen LogP contribution is -2.76. The zero-order chi connectivity index (χ0) is 30.2. The maximum atomic E-state index is 15.0. The topological polar surface area (TPSA) is 35.6 Å². The predicted molar refractivity (Wildman–Crippen MR) is 181 cm³/mol. The smallest absolute Gasteiger partial charge is 0.242 e. The largest absolute Gasteiger partial charge is 0.350 e. The minimum absolute atomic E-state index is 0.119. The normalized spacial score (nSPS) is 25.9. The summed E-state index contributed by atoms with van der Waals surface area (Å²) in [5.74, 6) is 1.43. The van der Waals surface area contributed by atoms with E-state index in [-0.39, 0.29) is 17.9 Å². The van der Waals surface area contributed by atoms with Crippen molar-refractivity contribution in [1.82, 2.24) is 15.1 Å². The Labute approximate surface area is 266 Å². The number of benzene rings is 5. The average molecular weight is 592 g/mol. The molecule has 5 atom stereocenters. The highest BCUT2D eigenvalue weighted by atomic mass is 16.2. The third kappa shape index (κ3) is 5.07. The highest BCUT2D eigenvalue weighted by Gasteiger charge is 2.70. The number of amides is 1. The average Bonchev–Trinajstić information content (AvgIpc) is 3.35. The molecule has 3 aliphatic heterocycles. The summed E-state index contributed by atoms with van der Waals surface area (Å²) in [6, 6.07) is 47.6. The van der Waals surface area contributed by atoms with Crippen molar-refractivity contribution in [3.05, 3.63) is 156 Å². The second kappa shape index (κ2) is 11.9. The number of hydrogen-bond donors (Lipinski definition) is 1. The summed E-state index contributed by atoms with van der Waals surface area (Å²) in [6.07, 6.45) is 2.10. The van der Waals surface area contributed by atoms with Crippen molar-refractivity contribution in [1.29, 1.82) is 0 Å². The molecule has 0 radical (unpaired) electrons. The van der Waals surface area contributed by atoms with Gasteiger partial charge in [0.05, 0.1) is 0 Å². The van der Waals surface area contributed by atoms with Gasteiger partial charge in [0.25, 0.3) is 0 Å². The molecule has 9 rings (SSSR count). The number of fused-ring (bicyclic) bond motifs is 2. The lowest BCUT2D eigenvalue weighted by molar-refractivity contribution is -0.162. The van der Waals surface area contributed by atoms with Crippen LogP contribution in [-0.4, -0.2) is 40.4 Å². The van der Waals surface area contributed by atoms with Gasteiger partial charge in [0.15, 0.2) is 0 Å². The first kappa shape index (κ1) is 28.2. The molecule has 3 saturated heterocycles. The molecule has 4 nitrogen and oxygen atoms in total. The van der Waals surface area contributed by atoms with E-state index >= 15 is 4.79 Å². The van der Waals surface area contributed by atoms with Gasteiger partial charge in [-0.2, -0.15) is 0 Å². The Balaban J connectivity index is 1.22. The fraction of sp³-hybridized carbons (Fsp3) is 0.293. The van der Waals surface area contributed by atoms with Crippen LogP contribution < -0.4 is 5.32 Å². The van der Waals surface area contributed by atoms with Crippen LogP contribution in [0.15, 0.2) is 133 Å². The Morgan fingerprint density at radius 2 is 1.33 bits per heavy atom. The molecule has 1 N–H and O–H groups in total. The van der Waals surface area contributed by atoms with Gasteiger partial charge >= 0.3 is 0 Å². The molecule has 4 aliphatic rings. The Kier molecular flexibility index (Phi) is 7.48. The van der Waals surface area contributed by atoms with Crippen LogP contribution >= 0.6 is 0 Å². The Hall–Kier alpha value is -4.25. The molecular weight excluding hydrogens is 550 g/mol. The number of rotatable bonds is 9. The summed E-state index contributed by atoms with van der Waals surface area (Å²) in [5, 5.41) is 6.09. The third-order valence-corrected chi connectivity index (χ3v) is 10.9. The highest BCUT2D eigenvalue weighted by Crippen LogP contribution is 2.58. The molecule has 0 spiro atoms. The minimum atomic E-state index is -0.594. The van der Waals surface area contributed by atoms with Crippen LogP contribution in [0.4, 0.5) is 0 Å². The first-order valence-corrected chi connectivity index (χ1v) is 16.6. The summed E-state index contributed by atoms with van der Waals surface area (Å²) in [6.45, 7) is 4.10. The highest BCUT2D eigenvalue weighted by molar-refractivity contribution is 5.89. The molecule has 45 heavy (non-hydrogen) atoms. The number of likely N-dealkylation sites (tertiary alicyclic amines) is 1. The van der Waals surface area contributed by atoms with E-state index in [0.29, 0.717) is 18.4 Å². The molecule has 0 unspecified atom stereocenters. The van der Waals surface area contributed by atoms with E-state index < -0.39 is 5.54 Å². The summed E-state index contributed by atoms with van der Waals surface area (Å²) >= 11 is 0. The van der Waals surface area contributed by atoms with Gasteiger partial charge in [-0.3, -0.25) is 14.6 Å². The van der Waals surface area contributed by atoms with Crippen molar-refractivity contribution in [3.63, 3.8) is 0 Å². The molecule has 1 amide bonds. The van der Waals surface area contributed by atoms with Gasteiger partial charge in [-0.15, -0.1) is 0 Å². The number of carbonyl (C=O) groups is 1. The van der Waals surface area contributed by atoms with Crippen LogP contribution in [0.5, 0.6) is 0 Å². The van der Waals surface area contributed by atoms with Gasteiger partial charge in [-0.1, -0.05) is 133 Å². The van der Waals surface area contributed by atoms with E-state index in [0.717, 1.165) is 44.6 Å². The van der Waals surface area contributed by atoms with Crippen LogP contribution in [0.2, 0.25) is 0 Å². The van der Waals surface area contributed by atoms with Gasteiger partial charge in [-0.25, -0.2) is 0 Å². The SMILES string of the molecule is O=C(NCc1ccccc1)[C@@]12[C@H]3C[C@H](CN1Cc1ccccc1)[C@@H](Cc1ccccc1)[C@@H]2N(Cc1cccc2ccccc12)C3. The van der Waals surface area contributed by atoms with Crippen LogP contribution in [-0.2, 0) is 30.8 Å². The van der Waals surface area contributed by atoms with Crippen molar-refractivity contribution in [2.75, 3.05) is 13.1 Å². The molecule has 0 aromatic heterocycles. The molecule has 5 aromatic carbocycles. The van der Waals surface area contributed by atoms with Gasteiger partial charge < -0.3 is 5.32 Å². The van der Waals surface area contributed by atoms with Crippen molar-refractivity contribution in [3.8, 4) is 0 Å². The maximum Gasteiger partial charge on any atom is 0.242 e. The number of hydrogen-bond acceptors (Lipinski definition) is 3. The Morgan fingerprint density at radius 1 is 0.689 bits per heavy atom. The van der Waals surface area contributed by atoms with Crippen molar-refractivity contribution in [2.24, 2.45) is 17.8 Å². The molecule has 4 fully saturated rings. The molecule has 4 heteroatoms. The van der Waals surface area contributed by atoms with E-state index in [9.17, 15) is 0 Å². The second-order valence-electron chi connectivity index (χ2n) is 13.4. The lowest BCUT2D eigenvalue weighted by Gasteiger charge is -2.61. The zero-order valence-electron chi connectivity index (χ0n) is 25.8. The predicted octanol–water partition coefficient (Wildman–Crippen LogP) is 7.09. The quantitative estimate of drug-likeness (QED) is 0.199. The van der Waals surface area contributed by atoms with Crippen molar-refractivity contribution in [2.45, 2.75) is 44.1 Å². The first-order valence-electron chi connectivity index (χ1n) is 16.6. The van der Waals surface area contributed by atoms with Crippen molar-refractivity contribution < 1.29 is 4.79 Å². The molecule has 226 valence electrons. The van der Waals surface area contributed by atoms with E-state index in [1.165, 1.54) is 27.5 Å². The number of piperidine rings is 2.